The van der Waals surface area contributed by atoms with Crippen molar-refractivity contribution in [2.75, 3.05) is 11.5 Å². The maximum atomic E-state index is 11.0. The van der Waals surface area contributed by atoms with Gasteiger partial charge in [-0.15, -0.1) is 0 Å². The average Bonchev–Trinajstić information content (AvgIpc) is 2.36. The van der Waals surface area contributed by atoms with E-state index in [1.54, 1.807) is 12.1 Å². The smallest absolute Gasteiger partial charge is 0.248 e. The van der Waals surface area contributed by atoms with Crippen molar-refractivity contribution in [1.29, 1.82) is 0 Å². The van der Waals surface area contributed by atoms with Crippen molar-refractivity contribution in [2.24, 2.45) is 5.73 Å². The fraction of sp³-hybridized carbons (Fsp3) is 0.0833. The van der Waals surface area contributed by atoms with Gasteiger partial charge in [-0.3, -0.25) is 4.79 Å². The van der Waals surface area contributed by atoms with Gasteiger partial charge in [0, 0.05) is 22.4 Å². The normalized spacial score (nSPS) is 10.4. The van der Waals surface area contributed by atoms with Crippen LogP contribution in [0.2, 0.25) is 5.02 Å². The SMILES string of the molecule is NC(=O)c1ccc(CSc2nc(N)cc(N)n2)c(Cl)c1. The van der Waals surface area contributed by atoms with Gasteiger partial charge < -0.3 is 17.2 Å². The van der Waals surface area contributed by atoms with Crippen LogP contribution in [0.4, 0.5) is 11.6 Å². The van der Waals surface area contributed by atoms with E-state index in [-0.39, 0.29) is 0 Å². The van der Waals surface area contributed by atoms with Crippen LogP contribution in [-0.4, -0.2) is 15.9 Å². The number of hydrogen-bond donors (Lipinski definition) is 3. The first kappa shape index (κ1) is 14.4. The predicted octanol–water partition coefficient (Wildman–Crippen LogP) is 1.69. The standard InChI is InChI=1S/C12H12ClN5OS/c13-8-3-6(11(16)19)1-2-7(8)5-20-12-17-9(14)4-10(15)18-12/h1-4H,5H2,(H2,16,19)(H4,14,15,17,18). The molecule has 2 rings (SSSR count). The molecule has 0 aliphatic rings. The highest BCUT2D eigenvalue weighted by molar-refractivity contribution is 7.98. The van der Waals surface area contributed by atoms with Crippen LogP contribution in [0.5, 0.6) is 0 Å². The van der Waals surface area contributed by atoms with E-state index in [4.69, 9.17) is 28.8 Å². The van der Waals surface area contributed by atoms with Gasteiger partial charge in [0.15, 0.2) is 5.16 Å². The highest BCUT2D eigenvalue weighted by Gasteiger charge is 2.08. The number of hydrogen-bond acceptors (Lipinski definition) is 6. The molecule has 0 saturated heterocycles. The fourth-order valence-electron chi connectivity index (χ4n) is 1.49. The van der Waals surface area contributed by atoms with Gasteiger partial charge in [-0.2, -0.15) is 0 Å². The number of nitrogen functional groups attached to an aromatic ring is 2. The van der Waals surface area contributed by atoms with E-state index in [0.29, 0.717) is 33.1 Å². The number of nitrogens with zero attached hydrogens (tertiary/aromatic N) is 2. The third-order valence-corrected chi connectivity index (χ3v) is 3.69. The van der Waals surface area contributed by atoms with Crippen LogP contribution in [0, 0.1) is 0 Å². The summed E-state index contributed by atoms with van der Waals surface area (Å²) in [6.45, 7) is 0. The zero-order valence-corrected chi connectivity index (χ0v) is 11.9. The molecule has 0 saturated carbocycles. The number of benzene rings is 1. The maximum Gasteiger partial charge on any atom is 0.248 e. The summed E-state index contributed by atoms with van der Waals surface area (Å²) in [6, 6.07) is 6.39. The van der Waals surface area contributed by atoms with E-state index in [2.05, 4.69) is 9.97 Å². The molecule has 0 radical (unpaired) electrons. The molecule has 0 unspecified atom stereocenters. The summed E-state index contributed by atoms with van der Waals surface area (Å²) in [7, 11) is 0. The summed E-state index contributed by atoms with van der Waals surface area (Å²) in [5.74, 6) is 0.643. The number of nitrogens with two attached hydrogens (primary N) is 3. The summed E-state index contributed by atoms with van der Waals surface area (Å²) < 4.78 is 0. The molecule has 0 spiro atoms. The summed E-state index contributed by atoms with van der Waals surface area (Å²) in [5, 5.41) is 0.934. The van der Waals surface area contributed by atoms with Crippen LogP contribution in [0.15, 0.2) is 29.4 Å². The number of halogens is 1. The summed E-state index contributed by atoms with van der Waals surface area (Å²) in [5.41, 5.74) is 17.6. The van der Waals surface area contributed by atoms with E-state index in [1.807, 2.05) is 0 Å². The molecule has 0 aliphatic carbocycles. The Hall–Kier alpha value is -1.99. The number of thioether (sulfide) groups is 1. The Morgan fingerprint density at radius 3 is 2.40 bits per heavy atom. The predicted molar refractivity (Wildman–Crippen MR) is 80.4 cm³/mol. The van der Waals surface area contributed by atoms with E-state index in [1.165, 1.54) is 23.9 Å². The third-order valence-electron chi connectivity index (χ3n) is 2.44. The van der Waals surface area contributed by atoms with Crippen LogP contribution >= 0.6 is 23.4 Å². The Bertz CT molecular complexity index is 644. The largest absolute Gasteiger partial charge is 0.383 e. The number of carbonyl (C=O) groups is 1. The molecule has 0 fully saturated rings. The molecule has 2 aromatic rings. The van der Waals surface area contributed by atoms with Crippen LogP contribution in [0.25, 0.3) is 0 Å². The second-order valence-electron chi connectivity index (χ2n) is 3.96. The average molecular weight is 310 g/mol. The second-order valence-corrected chi connectivity index (χ2v) is 5.31. The van der Waals surface area contributed by atoms with Gasteiger partial charge in [0.05, 0.1) is 0 Å². The van der Waals surface area contributed by atoms with Gasteiger partial charge in [0.2, 0.25) is 5.91 Å². The van der Waals surface area contributed by atoms with Crippen molar-refractivity contribution in [2.45, 2.75) is 10.9 Å². The van der Waals surface area contributed by atoms with Gasteiger partial charge in [0.1, 0.15) is 11.6 Å². The van der Waals surface area contributed by atoms with Crippen LogP contribution in [0.1, 0.15) is 15.9 Å². The van der Waals surface area contributed by atoms with Gasteiger partial charge in [0.25, 0.3) is 0 Å². The second kappa shape index (κ2) is 5.98. The molecule has 1 amide bonds. The first-order chi connectivity index (χ1) is 9.45. The minimum atomic E-state index is -0.516. The van der Waals surface area contributed by atoms with E-state index in [0.717, 1.165) is 5.56 Å². The monoisotopic (exact) mass is 309 g/mol. The van der Waals surface area contributed by atoms with Crippen molar-refractivity contribution < 1.29 is 4.79 Å². The van der Waals surface area contributed by atoms with Crippen molar-refractivity contribution >= 4 is 40.9 Å². The van der Waals surface area contributed by atoms with Gasteiger partial charge in [-0.1, -0.05) is 29.4 Å². The first-order valence-electron chi connectivity index (χ1n) is 5.57. The summed E-state index contributed by atoms with van der Waals surface area (Å²) >= 11 is 7.44. The molecule has 0 aliphatic heterocycles. The minimum Gasteiger partial charge on any atom is -0.383 e. The highest BCUT2D eigenvalue weighted by Crippen LogP contribution is 2.26. The fourth-order valence-corrected chi connectivity index (χ4v) is 2.69. The number of primary amides is 1. The molecular weight excluding hydrogens is 298 g/mol. The number of anilines is 2. The molecule has 6 N–H and O–H groups in total. The molecule has 0 bridgehead atoms. The first-order valence-corrected chi connectivity index (χ1v) is 6.93. The number of aromatic nitrogens is 2. The van der Waals surface area contributed by atoms with Gasteiger partial charge in [-0.25, -0.2) is 9.97 Å². The van der Waals surface area contributed by atoms with Crippen LogP contribution in [0.3, 0.4) is 0 Å². The lowest BCUT2D eigenvalue weighted by Crippen LogP contribution is -2.10. The van der Waals surface area contributed by atoms with Crippen molar-refractivity contribution in [1.82, 2.24) is 9.97 Å². The van der Waals surface area contributed by atoms with Crippen molar-refractivity contribution in [3.63, 3.8) is 0 Å². The van der Waals surface area contributed by atoms with E-state index < -0.39 is 5.91 Å². The molecule has 6 nitrogen and oxygen atoms in total. The Kier molecular flexibility index (Phi) is 4.31. The van der Waals surface area contributed by atoms with E-state index >= 15 is 0 Å². The van der Waals surface area contributed by atoms with Crippen molar-refractivity contribution in [3.05, 3.63) is 40.4 Å². The summed E-state index contributed by atoms with van der Waals surface area (Å²) in [6.07, 6.45) is 0. The molecule has 104 valence electrons. The molecule has 1 heterocycles. The topological polar surface area (TPSA) is 121 Å². The highest BCUT2D eigenvalue weighted by atomic mass is 35.5. The van der Waals surface area contributed by atoms with E-state index in [9.17, 15) is 4.79 Å². The molecule has 8 heteroatoms. The number of rotatable bonds is 4. The summed E-state index contributed by atoms with van der Waals surface area (Å²) in [4.78, 5) is 19.1. The Labute approximate surface area is 124 Å². The van der Waals surface area contributed by atoms with Crippen LogP contribution < -0.4 is 17.2 Å². The Morgan fingerprint density at radius 1 is 1.20 bits per heavy atom. The lowest BCUT2D eigenvalue weighted by Gasteiger charge is -2.06. The zero-order valence-electron chi connectivity index (χ0n) is 10.3. The Balaban J connectivity index is 2.12. The quantitative estimate of drug-likeness (QED) is 0.583. The van der Waals surface area contributed by atoms with Gasteiger partial charge in [-0.05, 0) is 17.7 Å². The zero-order chi connectivity index (χ0) is 14.7. The number of amides is 1. The molecule has 20 heavy (non-hydrogen) atoms. The third kappa shape index (κ3) is 3.52. The Morgan fingerprint density at radius 2 is 1.85 bits per heavy atom. The van der Waals surface area contributed by atoms with Gasteiger partial charge >= 0.3 is 0 Å². The molecular formula is C12H12ClN5OS. The lowest BCUT2D eigenvalue weighted by molar-refractivity contribution is 0.100. The maximum absolute atomic E-state index is 11.0. The minimum absolute atomic E-state index is 0.315. The molecule has 0 atom stereocenters. The lowest BCUT2D eigenvalue weighted by atomic mass is 10.1. The molecule has 1 aromatic heterocycles. The van der Waals surface area contributed by atoms with Crippen molar-refractivity contribution in [3.8, 4) is 0 Å². The molecule has 1 aromatic carbocycles. The van der Waals surface area contributed by atoms with Crippen LogP contribution in [-0.2, 0) is 5.75 Å². The number of carbonyl (C=O) groups excluding carboxylic acids is 1.